The number of benzene rings is 1. The van der Waals surface area contributed by atoms with E-state index in [9.17, 15) is 4.79 Å². The molecule has 1 amide bonds. The molecule has 0 fully saturated rings. The van der Waals surface area contributed by atoms with Crippen molar-refractivity contribution in [2.45, 2.75) is 19.4 Å². The lowest BCUT2D eigenvalue weighted by molar-refractivity contribution is -0.128. The first-order chi connectivity index (χ1) is 7.09. The third-order valence-electron chi connectivity index (χ3n) is 2.17. The molecule has 0 spiro atoms. The van der Waals surface area contributed by atoms with Crippen molar-refractivity contribution in [1.82, 2.24) is 4.90 Å². The first-order valence-electron chi connectivity index (χ1n) is 5.11. The van der Waals surface area contributed by atoms with Gasteiger partial charge in [-0.3, -0.25) is 4.79 Å². The topological polar surface area (TPSA) is 32.3 Å². The molecule has 0 bridgehead atoms. The fraction of sp³-hybridized carbons (Fsp3) is 0.417. The van der Waals surface area contributed by atoms with Crippen molar-refractivity contribution in [2.24, 2.45) is 0 Å². The summed E-state index contributed by atoms with van der Waals surface area (Å²) in [6.07, 6.45) is 0.516. The maximum Gasteiger partial charge on any atom is 0.224 e. The van der Waals surface area contributed by atoms with Crippen LogP contribution >= 0.6 is 0 Å². The average Bonchev–Trinajstić information content (AvgIpc) is 2.18. The molecule has 0 radical (unpaired) electrons. The zero-order valence-corrected chi connectivity index (χ0v) is 9.53. The molecule has 1 aromatic rings. The van der Waals surface area contributed by atoms with Crippen molar-refractivity contribution >= 4 is 11.6 Å². The van der Waals surface area contributed by atoms with E-state index in [0.29, 0.717) is 6.42 Å². The van der Waals surface area contributed by atoms with Crippen LogP contribution in [0.2, 0.25) is 0 Å². The molecule has 1 atom stereocenters. The Hall–Kier alpha value is -1.51. The number of nitrogens with zero attached hydrogens (tertiary/aromatic N) is 1. The number of amides is 1. The molecule has 82 valence electrons. The van der Waals surface area contributed by atoms with Crippen molar-refractivity contribution in [3.8, 4) is 0 Å². The van der Waals surface area contributed by atoms with E-state index in [1.165, 1.54) is 0 Å². The number of anilines is 1. The third-order valence-corrected chi connectivity index (χ3v) is 2.17. The molecule has 1 unspecified atom stereocenters. The molecule has 15 heavy (non-hydrogen) atoms. The fourth-order valence-electron chi connectivity index (χ4n) is 1.31. The number of hydrogen-bond donors (Lipinski definition) is 1. The largest absolute Gasteiger partial charge is 0.382 e. The van der Waals surface area contributed by atoms with Gasteiger partial charge in [0.05, 0.1) is 0 Å². The van der Waals surface area contributed by atoms with Crippen molar-refractivity contribution < 1.29 is 4.79 Å². The second-order valence-corrected chi connectivity index (χ2v) is 3.90. The van der Waals surface area contributed by atoms with Gasteiger partial charge in [-0.15, -0.1) is 0 Å². The Labute approximate surface area is 91.1 Å². The lowest BCUT2D eigenvalue weighted by Crippen LogP contribution is -2.28. The Kier molecular flexibility index (Phi) is 4.16. The SMILES string of the molecule is CC(CC(=O)N(C)C)Nc1ccccc1. The summed E-state index contributed by atoms with van der Waals surface area (Å²) in [5, 5.41) is 3.28. The molecule has 0 aromatic heterocycles. The van der Waals surface area contributed by atoms with Gasteiger partial charge in [-0.05, 0) is 19.1 Å². The van der Waals surface area contributed by atoms with Gasteiger partial charge in [0.2, 0.25) is 5.91 Å². The van der Waals surface area contributed by atoms with Crippen molar-refractivity contribution in [2.75, 3.05) is 19.4 Å². The zero-order chi connectivity index (χ0) is 11.3. The van der Waals surface area contributed by atoms with E-state index in [-0.39, 0.29) is 11.9 Å². The van der Waals surface area contributed by atoms with Gasteiger partial charge in [0, 0.05) is 32.2 Å². The third kappa shape index (κ3) is 4.02. The lowest BCUT2D eigenvalue weighted by Gasteiger charge is -2.17. The van der Waals surface area contributed by atoms with Crippen LogP contribution in [-0.4, -0.2) is 30.9 Å². The van der Waals surface area contributed by atoms with Crippen molar-refractivity contribution in [1.29, 1.82) is 0 Å². The van der Waals surface area contributed by atoms with E-state index >= 15 is 0 Å². The number of nitrogens with one attached hydrogen (secondary N) is 1. The van der Waals surface area contributed by atoms with Crippen LogP contribution in [-0.2, 0) is 4.79 Å². The summed E-state index contributed by atoms with van der Waals surface area (Å²) < 4.78 is 0. The van der Waals surface area contributed by atoms with Gasteiger partial charge in [0.15, 0.2) is 0 Å². The molecule has 0 aliphatic heterocycles. The predicted molar refractivity (Wildman–Crippen MR) is 62.8 cm³/mol. The lowest BCUT2D eigenvalue weighted by atomic mass is 10.2. The number of rotatable bonds is 4. The quantitative estimate of drug-likeness (QED) is 0.816. The molecule has 0 saturated carbocycles. The molecule has 1 aromatic carbocycles. The van der Waals surface area contributed by atoms with Gasteiger partial charge >= 0.3 is 0 Å². The Bertz CT molecular complexity index is 309. The van der Waals surface area contributed by atoms with Crippen LogP contribution < -0.4 is 5.32 Å². The summed E-state index contributed by atoms with van der Waals surface area (Å²) in [6.45, 7) is 2.01. The van der Waals surface area contributed by atoms with Crippen LogP contribution in [0.1, 0.15) is 13.3 Å². The van der Waals surface area contributed by atoms with Gasteiger partial charge in [-0.2, -0.15) is 0 Å². The van der Waals surface area contributed by atoms with E-state index in [0.717, 1.165) is 5.69 Å². The zero-order valence-electron chi connectivity index (χ0n) is 9.53. The first kappa shape index (κ1) is 11.6. The average molecular weight is 206 g/mol. The highest BCUT2D eigenvalue weighted by molar-refractivity contribution is 5.76. The molecular formula is C12H18N2O. The Morgan fingerprint density at radius 3 is 2.47 bits per heavy atom. The summed E-state index contributed by atoms with van der Waals surface area (Å²) in [5.74, 6) is 0.144. The van der Waals surface area contributed by atoms with E-state index < -0.39 is 0 Å². The summed E-state index contributed by atoms with van der Waals surface area (Å²) in [6, 6.07) is 10.1. The molecule has 1 rings (SSSR count). The van der Waals surface area contributed by atoms with Gasteiger partial charge in [-0.1, -0.05) is 18.2 Å². The first-order valence-corrected chi connectivity index (χ1v) is 5.11. The van der Waals surface area contributed by atoms with Crippen molar-refractivity contribution in [3.63, 3.8) is 0 Å². The van der Waals surface area contributed by atoms with Gasteiger partial charge in [0.1, 0.15) is 0 Å². The molecule has 0 heterocycles. The summed E-state index contributed by atoms with van der Waals surface area (Å²) in [4.78, 5) is 13.0. The highest BCUT2D eigenvalue weighted by Crippen LogP contribution is 2.08. The maximum atomic E-state index is 11.4. The van der Waals surface area contributed by atoms with Crippen LogP contribution in [0.4, 0.5) is 5.69 Å². The minimum Gasteiger partial charge on any atom is -0.382 e. The Balaban J connectivity index is 2.43. The van der Waals surface area contributed by atoms with Crippen LogP contribution in [0.3, 0.4) is 0 Å². The standard InChI is InChI=1S/C12H18N2O/c1-10(9-12(15)14(2)3)13-11-7-5-4-6-8-11/h4-8,10,13H,9H2,1-3H3. The molecular weight excluding hydrogens is 188 g/mol. The minimum absolute atomic E-state index is 0.144. The summed E-state index contributed by atoms with van der Waals surface area (Å²) in [7, 11) is 3.55. The summed E-state index contributed by atoms with van der Waals surface area (Å²) in [5.41, 5.74) is 1.05. The summed E-state index contributed by atoms with van der Waals surface area (Å²) >= 11 is 0. The van der Waals surface area contributed by atoms with E-state index in [2.05, 4.69) is 5.32 Å². The van der Waals surface area contributed by atoms with Crippen LogP contribution in [0.15, 0.2) is 30.3 Å². The molecule has 0 aliphatic carbocycles. The predicted octanol–water partition coefficient (Wildman–Crippen LogP) is 1.97. The van der Waals surface area contributed by atoms with Crippen LogP contribution in [0, 0.1) is 0 Å². The van der Waals surface area contributed by atoms with Crippen LogP contribution in [0.5, 0.6) is 0 Å². The fourth-order valence-corrected chi connectivity index (χ4v) is 1.31. The molecule has 0 aliphatic rings. The number of carbonyl (C=O) groups excluding carboxylic acids is 1. The second kappa shape index (κ2) is 5.39. The Morgan fingerprint density at radius 2 is 1.93 bits per heavy atom. The monoisotopic (exact) mass is 206 g/mol. The van der Waals surface area contributed by atoms with Gasteiger partial charge in [0.25, 0.3) is 0 Å². The maximum absolute atomic E-state index is 11.4. The number of para-hydroxylation sites is 1. The van der Waals surface area contributed by atoms with Gasteiger partial charge in [-0.25, -0.2) is 0 Å². The molecule has 0 saturated heterocycles. The van der Waals surface area contributed by atoms with Crippen molar-refractivity contribution in [3.05, 3.63) is 30.3 Å². The van der Waals surface area contributed by atoms with Crippen LogP contribution in [0.25, 0.3) is 0 Å². The van der Waals surface area contributed by atoms with Gasteiger partial charge < -0.3 is 10.2 Å². The van der Waals surface area contributed by atoms with E-state index in [1.54, 1.807) is 19.0 Å². The number of carbonyl (C=O) groups is 1. The molecule has 1 N–H and O–H groups in total. The Morgan fingerprint density at radius 1 is 1.33 bits per heavy atom. The normalized spacial score (nSPS) is 11.9. The second-order valence-electron chi connectivity index (χ2n) is 3.90. The smallest absolute Gasteiger partial charge is 0.224 e. The molecule has 3 heteroatoms. The highest BCUT2D eigenvalue weighted by Gasteiger charge is 2.09. The van der Waals surface area contributed by atoms with E-state index in [1.807, 2.05) is 37.3 Å². The van der Waals surface area contributed by atoms with E-state index in [4.69, 9.17) is 0 Å². The minimum atomic E-state index is 0.144. The number of hydrogen-bond acceptors (Lipinski definition) is 2. The highest BCUT2D eigenvalue weighted by atomic mass is 16.2. The molecule has 3 nitrogen and oxygen atoms in total.